The second kappa shape index (κ2) is 7.78. The van der Waals surface area contributed by atoms with E-state index in [9.17, 15) is 0 Å². The first kappa shape index (κ1) is 16.3. The zero-order chi connectivity index (χ0) is 12.2. The minimum Gasteiger partial charge on any atom is -0.256 e. The number of aromatic nitrogens is 3. The van der Waals surface area contributed by atoms with Gasteiger partial charge >= 0.3 is 0 Å². The quantitative estimate of drug-likeness (QED) is 0.658. The molecule has 5 heteroatoms. The summed E-state index contributed by atoms with van der Waals surface area (Å²) in [6.45, 7) is 0. The molecule has 0 spiro atoms. The van der Waals surface area contributed by atoms with Crippen molar-refractivity contribution in [2.75, 3.05) is 0 Å². The number of nitrogens with zero attached hydrogens (tertiary/aromatic N) is 3. The number of hydrogen-bond acceptors (Lipinski definition) is 3. The maximum absolute atomic E-state index is 4.42. The molecule has 3 aromatic rings. The normalized spacial score (nSPS) is 9.20. The van der Waals surface area contributed by atoms with Gasteiger partial charge in [0, 0.05) is 54.6 Å². The van der Waals surface area contributed by atoms with Crippen molar-refractivity contribution in [2.45, 2.75) is 0 Å². The fraction of sp³-hybridized carbons (Fsp3) is 0. The zero-order valence-corrected chi connectivity index (χ0v) is 13.3. The van der Waals surface area contributed by atoms with Crippen molar-refractivity contribution in [3.05, 3.63) is 67.1 Å². The van der Waals surface area contributed by atoms with Gasteiger partial charge in [0.2, 0.25) is 0 Å². The van der Waals surface area contributed by atoms with Crippen LogP contribution in [0.5, 0.6) is 0 Å². The molecule has 4 radical (unpaired) electrons. The van der Waals surface area contributed by atoms with Crippen LogP contribution < -0.4 is 0 Å². The van der Waals surface area contributed by atoms with Crippen LogP contribution in [0.2, 0.25) is 0 Å². The van der Waals surface area contributed by atoms with Crippen molar-refractivity contribution >= 4 is 11.0 Å². The van der Waals surface area contributed by atoms with E-state index in [1.54, 1.807) is 18.6 Å². The van der Waals surface area contributed by atoms with E-state index in [1.807, 2.05) is 48.5 Å². The Morgan fingerprint density at radius 3 is 1.80 bits per heavy atom. The summed E-state index contributed by atoms with van der Waals surface area (Å²) in [5.41, 5.74) is 3.62. The first-order chi connectivity index (χ1) is 8.95. The fourth-order valence-corrected chi connectivity index (χ4v) is 1.84. The molecule has 0 unspecified atom stereocenters. The molecule has 0 N–H and O–H groups in total. The summed E-state index contributed by atoms with van der Waals surface area (Å²) in [4.78, 5) is 13.1. The van der Waals surface area contributed by atoms with Crippen LogP contribution in [-0.2, 0) is 19.5 Å². The molecule has 0 aliphatic heterocycles. The summed E-state index contributed by atoms with van der Waals surface area (Å²) in [5, 5.41) is 0. The molecule has 3 aromatic heterocycles. The number of rotatable bonds is 2. The maximum Gasteiger partial charge on any atom is 0.0980 e. The third-order valence-corrected chi connectivity index (χ3v) is 2.66. The summed E-state index contributed by atoms with van der Waals surface area (Å²) >= 11 is 0. The van der Waals surface area contributed by atoms with Crippen molar-refractivity contribution in [2.24, 2.45) is 0 Å². The van der Waals surface area contributed by atoms with Crippen LogP contribution in [0, 0.1) is 0 Å². The van der Waals surface area contributed by atoms with E-state index in [2.05, 4.69) is 15.0 Å². The average Bonchev–Trinajstić information content (AvgIpc) is 2.49. The zero-order valence-electron chi connectivity index (χ0n) is 10.5. The van der Waals surface area contributed by atoms with E-state index in [4.69, 9.17) is 0 Å². The molecule has 0 bridgehead atoms. The van der Waals surface area contributed by atoms with E-state index in [0.29, 0.717) is 0 Å². The molecule has 98 valence electrons. The first-order valence-corrected chi connectivity index (χ1v) is 5.73. The average molecular weight is 362 g/mol. The predicted molar refractivity (Wildman–Crippen MR) is 76.5 cm³/mol. The second-order valence-corrected chi connectivity index (χ2v) is 3.83. The molecule has 0 amide bonds. The molecule has 3 heterocycles. The van der Waals surface area contributed by atoms with Crippen LogP contribution >= 0.6 is 0 Å². The van der Waals surface area contributed by atoms with Gasteiger partial charge in [-0.2, -0.15) is 0 Å². The molecule has 20 heavy (non-hydrogen) atoms. The van der Waals surface area contributed by atoms with Gasteiger partial charge in [-0.15, -0.1) is 0 Å². The third-order valence-electron chi connectivity index (χ3n) is 2.66. The number of pyridine rings is 3. The Balaban J connectivity index is 0.000001000. The van der Waals surface area contributed by atoms with Crippen molar-refractivity contribution in [1.82, 2.24) is 15.0 Å². The third kappa shape index (κ3) is 3.44. The van der Waals surface area contributed by atoms with E-state index >= 15 is 0 Å². The Kier molecular flexibility index (Phi) is 6.36. The van der Waals surface area contributed by atoms with E-state index in [0.717, 1.165) is 22.6 Å². The van der Waals surface area contributed by atoms with Gasteiger partial charge in [0.05, 0.1) is 17.1 Å². The predicted octanol–water partition coefficient (Wildman–Crippen LogP) is 2.82. The summed E-state index contributed by atoms with van der Waals surface area (Å²) in [6, 6.07) is 15.6. The van der Waals surface area contributed by atoms with Crippen LogP contribution in [0.4, 0.5) is 0 Å². The summed E-state index contributed by atoms with van der Waals surface area (Å²) in [5.74, 6) is 0. The number of hydrogen-bond donors (Lipinski definition) is 0. The summed E-state index contributed by atoms with van der Waals surface area (Å²) in [7, 11) is 0. The molecule has 3 nitrogen and oxygen atoms in total. The van der Waals surface area contributed by atoms with Crippen LogP contribution in [0.15, 0.2) is 67.1 Å². The molecule has 0 aromatic carbocycles. The van der Waals surface area contributed by atoms with Crippen LogP contribution in [0.1, 0.15) is 0 Å². The van der Waals surface area contributed by atoms with Gasteiger partial charge < -0.3 is 0 Å². The fourth-order valence-electron chi connectivity index (χ4n) is 1.84. The standard InChI is InChI=1S/C15H11N3.Ru.Si/c1-3-9-16-13(7-1)12-6-5-11-18-15(12)14-8-2-4-10-17-14;;/h1-11H;;. The minimum absolute atomic E-state index is 0. The van der Waals surface area contributed by atoms with Gasteiger partial charge in [-0.05, 0) is 36.4 Å². The Morgan fingerprint density at radius 2 is 1.20 bits per heavy atom. The molecule has 0 saturated heterocycles. The van der Waals surface area contributed by atoms with Gasteiger partial charge in [0.1, 0.15) is 0 Å². The molecular weight excluding hydrogens is 351 g/mol. The maximum atomic E-state index is 4.42. The summed E-state index contributed by atoms with van der Waals surface area (Å²) in [6.07, 6.45) is 5.33. The van der Waals surface area contributed by atoms with Crippen molar-refractivity contribution in [1.29, 1.82) is 0 Å². The Labute approximate surface area is 135 Å². The Morgan fingerprint density at radius 1 is 0.600 bits per heavy atom. The second-order valence-electron chi connectivity index (χ2n) is 3.83. The van der Waals surface area contributed by atoms with Gasteiger partial charge in [-0.25, -0.2) is 0 Å². The Bertz CT molecular complexity index is 589. The van der Waals surface area contributed by atoms with Crippen molar-refractivity contribution < 1.29 is 19.5 Å². The van der Waals surface area contributed by atoms with E-state index < -0.39 is 0 Å². The van der Waals surface area contributed by atoms with Crippen molar-refractivity contribution in [3.63, 3.8) is 0 Å². The largest absolute Gasteiger partial charge is 0.256 e. The molecule has 0 aliphatic carbocycles. The molecule has 0 atom stereocenters. The van der Waals surface area contributed by atoms with Gasteiger partial charge in [-0.3, -0.25) is 15.0 Å². The van der Waals surface area contributed by atoms with E-state index in [1.165, 1.54) is 0 Å². The Hall–Kier alpha value is -1.71. The molecular formula is C15H11N3RuSi. The monoisotopic (exact) mass is 363 g/mol. The van der Waals surface area contributed by atoms with Gasteiger partial charge in [-0.1, -0.05) is 12.1 Å². The summed E-state index contributed by atoms with van der Waals surface area (Å²) < 4.78 is 0. The molecule has 3 rings (SSSR count). The molecule has 0 aliphatic rings. The van der Waals surface area contributed by atoms with Crippen LogP contribution in [-0.4, -0.2) is 25.9 Å². The van der Waals surface area contributed by atoms with Crippen LogP contribution in [0.25, 0.3) is 22.6 Å². The molecule has 0 fully saturated rings. The van der Waals surface area contributed by atoms with Crippen LogP contribution in [0.3, 0.4) is 0 Å². The minimum atomic E-state index is 0. The van der Waals surface area contributed by atoms with E-state index in [-0.39, 0.29) is 30.4 Å². The topological polar surface area (TPSA) is 38.7 Å². The van der Waals surface area contributed by atoms with Gasteiger partial charge in [0.15, 0.2) is 0 Å². The SMILES string of the molecule is [Ru].[Si].c1ccc(-c2cccnc2-c2ccccn2)nc1. The smallest absolute Gasteiger partial charge is 0.0980 e. The van der Waals surface area contributed by atoms with Gasteiger partial charge in [0.25, 0.3) is 0 Å². The first-order valence-electron chi connectivity index (χ1n) is 5.73. The molecule has 0 saturated carbocycles. The van der Waals surface area contributed by atoms with Crippen molar-refractivity contribution in [3.8, 4) is 22.6 Å².